The van der Waals surface area contributed by atoms with Crippen LogP contribution >= 0.6 is 0 Å². The van der Waals surface area contributed by atoms with E-state index in [-0.39, 0.29) is 0 Å². The Morgan fingerprint density at radius 1 is 1.08 bits per heavy atom. The van der Waals surface area contributed by atoms with Gasteiger partial charge in [-0.15, -0.1) is 0 Å². The van der Waals surface area contributed by atoms with Crippen LogP contribution in [0.3, 0.4) is 0 Å². The van der Waals surface area contributed by atoms with Crippen molar-refractivity contribution in [1.82, 2.24) is 25.0 Å². The summed E-state index contributed by atoms with van der Waals surface area (Å²) in [6.45, 7) is 3.99. The van der Waals surface area contributed by atoms with Gasteiger partial charge in [0.2, 0.25) is 0 Å². The average Bonchev–Trinajstić information content (AvgIpc) is 3.18. The lowest BCUT2D eigenvalue weighted by Crippen LogP contribution is -2.45. The molecule has 1 aromatic carbocycles. The van der Waals surface area contributed by atoms with Crippen LogP contribution in [0.5, 0.6) is 0 Å². The minimum atomic E-state index is 0.373. The number of benzene rings is 1. The standard InChI is InChI=1S/C19H21N5/c1-3-17(13-20-8-1)19-14-21-10-12-23(19)15-16-4-6-18(7-5-16)24-11-2-9-22-24/h1-9,11,13,19,21H,10,12,14-15H2. The number of nitrogens with one attached hydrogen (secondary N) is 1. The summed E-state index contributed by atoms with van der Waals surface area (Å²) < 4.78 is 1.88. The van der Waals surface area contributed by atoms with Gasteiger partial charge in [-0.05, 0) is 35.4 Å². The van der Waals surface area contributed by atoms with Crippen molar-refractivity contribution in [2.75, 3.05) is 19.6 Å². The molecule has 1 aliphatic heterocycles. The van der Waals surface area contributed by atoms with Gasteiger partial charge in [0.25, 0.3) is 0 Å². The Labute approximate surface area is 142 Å². The van der Waals surface area contributed by atoms with Gasteiger partial charge in [0.15, 0.2) is 0 Å². The van der Waals surface area contributed by atoms with Crippen molar-refractivity contribution in [3.8, 4) is 5.69 Å². The number of nitrogens with zero attached hydrogens (tertiary/aromatic N) is 4. The molecule has 0 aliphatic carbocycles. The van der Waals surface area contributed by atoms with E-state index < -0.39 is 0 Å². The first-order valence-electron chi connectivity index (χ1n) is 8.34. The summed E-state index contributed by atoms with van der Waals surface area (Å²) in [6.07, 6.45) is 7.57. The Balaban J connectivity index is 1.50. The molecule has 1 aliphatic rings. The molecule has 122 valence electrons. The van der Waals surface area contributed by atoms with E-state index in [2.05, 4.69) is 50.6 Å². The maximum atomic E-state index is 4.28. The van der Waals surface area contributed by atoms with Crippen LogP contribution in [0.1, 0.15) is 17.2 Å². The van der Waals surface area contributed by atoms with Gasteiger partial charge >= 0.3 is 0 Å². The third-order valence-corrected chi connectivity index (χ3v) is 4.51. The van der Waals surface area contributed by atoms with Crippen LogP contribution in [0.2, 0.25) is 0 Å². The molecule has 1 unspecified atom stereocenters. The number of hydrogen-bond acceptors (Lipinski definition) is 4. The average molecular weight is 319 g/mol. The zero-order valence-corrected chi connectivity index (χ0v) is 13.5. The Bertz CT molecular complexity index is 752. The first kappa shape index (κ1) is 15.1. The number of piperazine rings is 1. The second-order valence-corrected chi connectivity index (χ2v) is 6.09. The predicted molar refractivity (Wildman–Crippen MR) is 93.8 cm³/mol. The monoisotopic (exact) mass is 319 g/mol. The third-order valence-electron chi connectivity index (χ3n) is 4.51. The molecule has 1 atom stereocenters. The molecular weight excluding hydrogens is 298 g/mol. The van der Waals surface area contributed by atoms with Crippen molar-refractivity contribution in [2.45, 2.75) is 12.6 Å². The molecule has 3 aromatic rings. The fourth-order valence-corrected chi connectivity index (χ4v) is 3.25. The van der Waals surface area contributed by atoms with E-state index in [0.29, 0.717) is 6.04 Å². The minimum absolute atomic E-state index is 0.373. The van der Waals surface area contributed by atoms with Crippen LogP contribution in [0.15, 0.2) is 67.3 Å². The van der Waals surface area contributed by atoms with Gasteiger partial charge in [-0.3, -0.25) is 9.88 Å². The second kappa shape index (κ2) is 6.95. The zero-order valence-electron chi connectivity index (χ0n) is 13.5. The number of pyridine rings is 1. The lowest BCUT2D eigenvalue weighted by atomic mass is 10.0. The molecule has 0 bridgehead atoms. The molecule has 2 aromatic heterocycles. The second-order valence-electron chi connectivity index (χ2n) is 6.09. The summed E-state index contributed by atoms with van der Waals surface area (Å²) in [6, 6.07) is 15.1. The van der Waals surface area contributed by atoms with Crippen molar-refractivity contribution in [3.63, 3.8) is 0 Å². The summed E-state index contributed by atoms with van der Waals surface area (Å²) >= 11 is 0. The molecule has 1 saturated heterocycles. The van der Waals surface area contributed by atoms with E-state index in [9.17, 15) is 0 Å². The van der Waals surface area contributed by atoms with Crippen molar-refractivity contribution in [1.29, 1.82) is 0 Å². The molecule has 5 heteroatoms. The lowest BCUT2D eigenvalue weighted by molar-refractivity contribution is 0.153. The fraction of sp³-hybridized carbons (Fsp3) is 0.263. The largest absolute Gasteiger partial charge is 0.314 e. The van der Waals surface area contributed by atoms with E-state index in [0.717, 1.165) is 31.9 Å². The first-order valence-corrected chi connectivity index (χ1v) is 8.34. The van der Waals surface area contributed by atoms with E-state index in [4.69, 9.17) is 0 Å². The topological polar surface area (TPSA) is 46.0 Å². The molecule has 1 N–H and O–H groups in total. The van der Waals surface area contributed by atoms with Crippen LogP contribution in [-0.2, 0) is 6.54 Å². The van der Waals surface area contributed by atoms with Gasteiger partial charge in [0.1, 0.15) is 0 Å². The summed E-state index contributed by atoms with van der Waals surface area (Å²) in [5.41, 5.74) is 3.69. The number of hydrogen-bond donors (Lipinski definition) is 1. The SMILES string of the molecule is c1cncc(C2CNCCN2Cc2ccc(-n3cccn3)cc2)c1. The van der Waals surface area contributed by atoms with Crippen molar-refractivity contribution in [3.05, 3.63) is 78.4 Å². The van der Waals surface area contributed by atoms with Crippen LogP contribution in [0.25, 0.3) is 5.69 Å². The smallest absolute Gasteiger partial charge is 0.0645 e. The molecule has 4 rings (SSSR count). The molecule has 0 radical (unpaired) electrons. The third kappa shape index (κ3) is 3.22. The lowest BCUT2D eigenvalue weighted by Gasteiger charge is -2.36. The Hall–Kier alpha value is -2.50. The van der Waals surface area contributed by atoms with Gasteiger partial charge in [-0.2, -0.15) is 5.10 Å². The van der Waals surface area contributed by atoms with E-state index in [1.807, 2.05) is 35.4 Å². The Morgan fingerprint density at radius 3 is 2.75 bits per heavy atom. The maximum Gasteiger partial charge on any atom is 0.0645 e. The van der Waals surface area contributed by atoms with E-state index >= 15 is 0 Å². The fourth-order valence-electron chi connectivity index (χ4n) is 3.25. The first-order chi connectivity index (χ1) is 11.9. The van der Waals surface area contributed by atoms with Crippen LogP contribution in [0, 0.1) is 0 Å². The highest BCUT2D eigenvalue weighted by molar-refractivity contribution is 5.34. The van der Waals surface area contributed by atoms with Crippen molar-refractivity contribution >= 4 is 0 Å². The summed E-state index contributed by atoms with van der Waals surface area (Å²) in [7, 11) is 0. The van der Waals surface area contributed by atoms with Crippen LogP contribution in [-0.4, -0.2) is 39.3 Å². The maximum absolute atomic E-state index is 4.28. The number of rotatable bonds is 4. The Kier molecular flexibility index (Phi) is 4.36. The molecule has 24 heavy (non-hydrogen) atoms. The highest BCUT2D eigenvalue weighted by Gasteiger charge is 2.23. The van der Waals surface area contributed by atoms with Gasteiger partial charge in [-0.25, -0.2) is 4.68 Å². The van der Waals surface area contributed by atoms with Gasteiger partial charge in [-0.1, -0.05) is 18.2 Å². The Morgan fingerprint density at radius 2 is 2.00 bits per heavy atom. The van der Waals surface area contributed by atoms with Crippen LogP contribution < -0.4 is 5.32 Å². The van der Waals surface area contributed by atoms with Crippen LogP contribution in [0.4, 0.5) is 0 Å². The summed E-state index contributed by atoms with van der Waals surface area (Å²) in [4.78, 5) is 6.80. The molecular formula is C19H21N5. The predicted octanol–water partition coefficient (Wildman–Crippen LogP) is 2.41. The van der Waals surface area contributed by atoms with Gasteiger partial charge in [0, 0.05) is 57.0 Å². The quantitative estimate of drug-likeness (QED) is 0.802. The van der Waals surface area contributed by atoms with Gasteiger partial charge in [0.05, 0.1) is 5.69 Å². The van der Waals surface area contributed by atoms with Crippen molar-refractivity contribution in [2.24, 2.45) is 0 Å². The molecule has 0 saturated carbocycles. The highest BCUT2D eigenvalue weighted by atomic mass is 15.3. The molecule has 3 heterocycles. The normalized spacial score (nSPS) is 18.6. The van der Waals surface area contributed by atoms with E-state index in [1.165, 1.54) is 11.1 Å². The minimum Gasteiger partial charge on any atom is -0.314 e. The van der Waals surface area contributed by atoms with Crippen molar-refractivity contribution < 1.29 is 0 Å². The summed E-state index contributed by atoms with van der Waals surface area (Å²) in [5, 5.41) is 7.77. The molecule has 1 fully saturated rings. The molecule has 0 spiro atoms. The van der Waals surface area contributed by atoms with E-state index in [1.54, 1.807) is 6.20 Å². The molecule has 0 amide bonds. The van der Waals surface area contributed by atoms with Gasteiger partial charge < -0.3 is 5.32 Å². The molecule has 5 nitrogen and oxygen atoms in total. The number of aromatic nitrogens is 3. The zero-order chi connectivity index (χ0) is 16.2. The highest BCUT2D eigenvalue weighted by Crippen LogP contribution is 2.23. The summed E-state index contributed by atoms with van der Waals surface area (Å²) in [5.74, 6) is 0.